The van der Waals surface area contributed by atoms with Crippen molar-refractivity contribution in [2.24, 2.45) is 5.92 Å². The molecule has 1 N–H and O–H groups in total. The summed E-state index contributed by atoms with van der Waals surface area (Å²) < 4.78 is 0. The Morgan fingerprint density at radius 1 is 1.50 bits per heavy atom. The van der Waals surface area contributed by atoms with Crippen molar-refractivity contribution in [3.8, 4) is 0 Å². The predicted molar refractivity (Wildman–Crippen MR) is 64.2 cm³/mol. The Balaban J connectivity index is 2.21. The quantitative estimate of drug-likeness (QED) is 0.814. The number of aromatic nitrogens is 2. The van der Waals surface area contributed by atoms with Crippen LogP contribution in [0.2, 0.25) is 0 Å². The summed E-state index contributed by atoms with van der Waals surface area (Å²) >= 11 is 0. The zero-order valence-electron chi connectivity index (χ0n) is 10.5. The second-order valence-electron chi connectivity index (χ2n) is 4.64. The molecule has 0 spiro atoms. The molecule has 0 radical (unpaired) electrons. The third-order valence-corrected chi connectivity index (χ3v) is 2.93. The lowest BCUT2D eigenvalue weighted by Gasteiger charge is -2.36. The molecule has 1 unspecified atom stereocenters. The SMILES string of the molecule is CC(C)C1C(=O)NCC(=O)N1Cc1cccnn1. The summed E-state index contributed by atoms with van der Waals surface area (Å²) in [6.07, 6.45) is 1.58. The summed E-state index contributed by atoms with van der Waals surface area (Å²) in [5.74, 6) is -0.127. The van der Waals surface area contributed by atoms with Gasteiger partial charge in [-0.2, -0.15) is 10.2 Å². The molecule has 1 saturated heterocycles. The van der Waals surface area contributed by atoms with Gasteiger partial charge in [-0.15, -0.1) is 0 Å². The average molecular weight is 248 g/mol. The van der Waals surface area contributed by atoms with Crippen LogP contribution in [-0.2, 0) is 16.1 Å². The van der Waals surface area contributed by atoms with E-state index in [-0.39, 0.29) is 24.3 Å². The summed E-state index contributed by atoms with van der Waals surface area (Å²) in [4.78, 5) is 25.3. The van der Waals surface area contributed by atoms with E-state index in [9.17, 15) is 9.59 Å². The monoisotopic (exact) mass is 248 g/mol. The first-order valence-electron chi connectivity index (χ1n) is 5.93. The van der Waals surface area contributed by atoms with E-state index in [1.165, 1.54) is 0 Å². The second-order valence-corrected chi connectivity index (χ2v) is 4.64. The minimum absolute atomic E-state index is 0.0579. The molecule has 0 aromatic carbocycles. The van der Waals surface area contributed by atoms with Gasteiger partial charge in [0.25, 0.3) is 0 Å². The van der Waals surface area contributed by atoms with Gasteiger partial charge < -0.3 is 10.2 Å². The van der Waals surface area contributed by atoms with E-state index in [2.05, 4.69) is 15.5 Å². The highest BCUT2D eigenvalue weighted by molar-refractivity contribution is 5.94. The summed E-state index contributed by atoms with van der Waals surface area (Å²) in [5.41, 5.74) is 0.686. The largest absolute Gasteiger partial charge is 0.345 e. The highest BCUT2D eigenvalue weighted by Crippen LogP contribution is 2.17. The maximum absolute atomic E-state index is 11.9. The van der Waals surface area contributed by atoms with Gasteiger partial charge in [0.2, 0.25) is 11.8 Å². The average Bonchev–Trinajstić information content (AvgIpc) is 2.35. The molecule has 6 nitrogen and oxygen atoms in total. The predicted octanol–water partition coefficient (Wildman–Crippen LogP) is -0.0404. The first-order chi connectivity index (χ1) is 8.59. The summed E-state index contributed by atoms with van der Waals surface area (Å²) in [5, 5.41) is 10.3. The third-order valence-electron chi connectivity index (χ3n) is 2.93. The van der Waals surface area contributed by atoms with Crippen LogP contribution in [0.25, 0.3) is 0 Å². The second kappa shape index (κ2) is 5.12. The molecule has 18 heavy (non-hydrogen) atoms. The first-order valence-corrected chi connectivity index (χ1v) is 5.93. The molecule has 96 valence electrons. The smallest absolute Gasteiger partial charge is 0.243 e. The van der Waals surface area contributed by atoms with Crippen LogP contribution in [0.5, 0.6) is 0 Å². The number of hydrogen-bond donors (Lipinski definition) is 1. The Kier molecular flexibility index (Phi) is 3.55. The molecule has 0 aliphatic carbocycles. The first kappa shape index (κ1) is 12.5. The number of piperazine rings is 1. The Morgan fingerprint density at radius 3 is 2.89 bits per heavy atom. The molecular formula is C12H16N4O2. The van der Waals surface area contributed by atoms with Crippen molar-refractivity contribution in [1.82, 2.24) is 20.4 Å². The van der Waals surface area contributed by atoms with Crippen LogP contribution in [0.3, 0.4) is 0 Å². The topological polar surface area (TPSA) is 75.2 Å². The van der Waals surface area contributed by atoms with E-state index in [0.717, 1.165) is 0 Å². The standard InChI is InChI=1S/C12H16N4O2/c1-8(2)11-12(18)13-6-10(17)16(11)7-9-4-3-5-14-15-9/h3-5,8,11H,6-7H2,1-2H3,(H,13,18). The molecule has 2 amide bonds. The summed E-state index contributed by atoms with van der Waals surface area (Å²) in [6.45, 7) is 4.23. The minimum atomic E-state index is -0.437. The van der Waals surface area contributed by atoms with E-state index < -0.39 is 6.04 Å². The van der Waals surface area contributed by atoms with Crippen LogP contribution in [0.1, 0.15) is 19.5 Å². The lowest BCUT2D eigenvalue weighted by Crippen LogP contribution is -2.59. The molecule has 0 bridgehead atoms. The lowest BCUT2D eigenvalue weighted by atomic mass is 9.99. The Hall–Kier alpha value is -1.98. The van der Waals surface area contributed by atoms with E-state index >= 15 is 0 Å². The molecule has 1 aliphatic rings. The number of carbonyl (C=O) groups excluding carboxylic acids is 2. The van der Waals surface area contributed by atoms with Crippen LogP contribution >= 0.6 is 0 Å². The maximum atomic E-state index is 11.9. The molecule has 1 fully saturated rings. The van der Waals surface area contributed by atoms with Crippen molar-refractivity contribution in [3.63, 3.8) is 0 Å². The number of nitrogens with one attached hydrogen (secondary N) is 1. The van der Waals surface area contributed by atoms with Gasteiger partial charge in [0.05, 0.1) is 18.8 Å². The Bertz CT molecular complexity index is 447. The number of rotatable bonds is 3. The van der Waals surface area contributed by atoms with E-state index in [1.54, 1.807) is 23.2 Å². The number of amides is 2. The minimum Gasteiger partial charge on any atom is -0.345 e. The zero-order chi connectivity index (χ0) is 13.1. The van der Waals surface area contributed by atoms with E-state index in [4.69, 9.17) is 0 Å². The van der Waals surface area contributed by atoms with Crippen molar-refractivity contribution in [2.75, 3.05) is 6.54 Å². The van der Waals surface area contributed by atoms with Gasteiger partial charge in [-0.1, -0.05) is 13.8 Å². The van der Waals surface area contributed by atoms with Gasteiger partial charge in [0.15, 0.2) is 0 Å². The normalized spacial score (nSPS) is 20.2. The molecule has 2 rings (SSSR count). The van der Waals surface area contributed by atoms with Crippen molar-refractivity contribution in [1.29, 1.82) is 0 Å². The number of carbonyl (C=O) groups is 2. The number of nitrogens with zero attached hydrogens (tertiary/aromatic N) is 3. The van der Waals surface area contributed by atoms with Crippen molar-refractivity contribution < 1.29 is 9.59 Å². The van der Waals surface area contributed by atoms with Gasteiger partial charge in [-0.3, -0.25) is 9.59 Å². The molecule has 0 saturated carbocycles. The van der Waals surface area contributed by atoms with Gasteiger partial charge in [0.1, 0.15) is 6.04 Å². The fourth-order valence-electron chi connectivity index (χ4n) is 2.11. The Morgan fingerprint density at radius 2 is 2.28 bits per heavy atom. The summed E-state index contributed by atoms with van der Waals surface area (Å²) in [6, 6.07) is 3.12. The zero-order valence-corrected chi connectivity index (χ0v) is 10.5. The molecule has 1 atom stereocenters. The molecular weight excluding hydrogens is 232 g/mol. The van der Waals surface area contributed by atoms with Crippen molar-refractivity contribution in [2.45, 2.75) is 26.4 Å². The maximum Gasteiger partial charge on any atom is 0.243 e. The van der Waals surface area contributed by atoms with E-state index in [1.807, 2.05) is 13.8 Å². The van der Waals surface area contributed by atoms with Crippen LogP contribution < -0.4 is 5.32 Å². The molecule has 1 aromatic rings. The summed E-state index contributed by atoms with van der Waals surface area (Å²) in [7, 11) is 0. The van der Waals surface area contributed by atoms with Gasteiger partial charge in [-0.05, 0) is 18.1 Å². The molecule has 6 heteroatoms. The lowest BCUT2D eigenvalue weighted by molar-refractivity contribution is -0.148. The molecule has 1 aliphatic heterocycles. The fourth-order valence-corrected chi connectivity index (χ4v) is 2.11. The van der Waals surface area contributed by atoms with Gasteiger partial charge in [-0.25, -0.2) is 0 Å². The van der Waals surface area contributed by atoms with Crippen LogP contribution in [0.4, 0.5) is 0 Å². The highest BCUT2D eigenvalue weighted by atomic mass is 16.2. The molecule has 1 aromatic heterocycles. The van der Waals surface area contributed by atoms with Gasteiger partial charge >= 0.3 is 0 Å². The van der Waals surface area contributed by atoms with Gasteiger partial charge in [0, 0.05) is 6.20 Å². The fraction of sp³-hybridized carbons (Fsp3) is 0.500. The van der Waals surface area contributed by atoms with Crippen molar-refractivity contribution >= 4 is 11.8 Å². The molecule has 2 heterocycles. The Labute approximate surface area is 105 Å². The highest BCUT2D eigenvalue weighted by Gasteiger charge is 2.36. The van der Waals surface area contributed by atoms with Crippen molar-refractivity contribution in [3.05, 3.63) is 24.0 Å². The van der Waals surface area contributed by atoms with Crippen LogP contribution in [0.15, 0.2) is 18.3 Å². The van der Waals surface area contributed by atoms with Crippen LogP contribution in [0, 0.1) is 5.92 Å². The van der Waals surface area contributed by atoms with Crippen LogP contribution in [-0.4, -0.2) is 39.5 Å². The number of hydrogen-bond acceptors (Lipinski definition) is 4. The third kappa shape index (κ3) is 2.47. The van der Waals surface area contributed by atoms with E-state index in [0.29, 0.717) is 12.2 Å².